The van der Waals surface area contributed by atoms with Crippen LogP contribution in [0.4, 0.5) is 0 Å². The molecule has 4 heteroatoms. The molecule has 1 N–H and O–H groups in total. The normalized spacial score (nSPS) is 21.8. The van der Waals surface area contributed by atoms with Crippen LogP contribution < -0.4 is 5.32 Å². The minimum absolute atomic E-state index is 0.0475. The Bertz CT molecular complexity index is 377. The third kappa shape index (κ3) is 3.46. The van der Waals surface area contributed by atoms with E-state index in [0.717, 1.165) is 19.4 Å². The molecular weight excluding hydrogens is 218 g/mol. The van der Waals surface area contributed by atoms with Crippen molar-refractivity contribution in [3.05, 3.63) is 30.2 Å². The molecule has 17 heavy (non-hydrogen) atoms. The lowest BCUT2D eigenvalue weighted by molar-refractivity contribution is -0.117. The number of hydrogen-bond donors (Lipinski definition) is 1. The summed E-state index contributed by atoms with van der Waals surface area (Å²) >= 11 is 0. The monoisotopic (exact) mass is 235 g/mol. The largest absolute Gasteiger partial charge is 0.465 e. The van der Waals surface area contributed by atoms with Gasteiger partial charge in [-0.1, -0.05) is 0 Å². The number of ether oxygens (including phenoxy) is 1. The average molecular weight is 235 g/mol. The first-order valence-corrected chi connectivity index (χ1v) is 5.89. The average Bonchev–Trinajstić information content (AvgIpc) is 2.99. The number of furan rings is 1. The molecule has 1 aromatic heterocycles. The van der Waals surface area contributed by atoms with Gasteiger partial charge in [0.05, 0.1) is 18.4 Å². The van der Waals surface area contributed by atoms with Gasteiger partial charge >= 0.3 is 0 Å². The van der Waals surface area contributed by atoms with Crippen molar-refractivity contribution in [1.29, 1.82) is 0 Å². The van der Waals surface area contributed by atoms with Gasteiger partial charge in [0.2, 0.25) is 5.91 Å². The van der Waals surface area contributed by atoms with E-state index in [9.17, 15) is 4.79 Å². The van der Waals surface area contributed by atoms with Gasteiger partial charge in [-0.2, -0.15) is 0 Å². The van der Waals surface area contributed by atoms with Gasteiger partial charge in [-0.25, -0.2) is 0 Å². The highest BCUT2D eigenvalue weighted by Crippen LogP contribution is 2.15. The van der Waals surface area contributed by atoms with Crippen LogP contribution in [0.25, 0.3) is 6.08 Å². The minimum Gasteiger partial charge on any atom is -0.465 e. The van der Waals surface area contributed by atoms with Crippen molar-refractivity contribution in [2.75, 3.05) is 6.61 Å². The van der Waals surface area contributed by atoms with Crippen molar-refractivity contribution in [3.63, 3.8) is 0 Å². The molecule has 0 aliphatic carbocycles. The SMILES string of the molecule is C[C@H](NC(=O)/C=C/c1ccco1)[C@H]1CCCO1. The molecule has 1 fully saturated rings. The van der Waals surface area contributed by atoms with Gasteiger partial charge in [-0.3, -0.25) is 4.79 Å². The van der Waals surface area contributed by atoms with E-state index in [1.165, 1.54) is 6.08 Å². The highest BCUT2D eigenvalue weighted by molar-refractivity contribution is 5.91. The van der Waals surface area contributed by atoms with E-state index in [1.807, 2.05) is 6.92 Å². The van der Waals surface area contributed by atoms with Crippen LogP contribution in [0.15, 0.2) is 28.9 Å². The zero-order chi connectivity index (χ0) is 12.1. The van der Waals surface area contributed by atoms with Crippen molar-refractivity contribution in [3.8, 4) is 0 Å². The molecule has 0 aromatic carbocycles. The van der Waals surface area contributed by atoms with Crippen LogP contribution >= 0.6 is 0 Å². The van der Waals surface area contributed by atoms with Gasteiger partial charge in [0, 0.05) is 12.7 Å². The Balaban J connectivity index is 1.80. The van der Waals surface area contributed by atoms with E-state index in [1.54, 1.807) is 24.5 Å². The molecule has 1 aliphatic rings. The predicted octanol–water partition coefficient (Wildman–Crippen LogP) is 1.98. The number of carbonyl (C=O) groups is 1. The first-order chi connectivity index (χ1) is 8.25. The molecule has 92 valence electrons. The summed E-state index contributed by atoms with van der Waals surface area (Å²) in [6, 6.07) is 3.63. The number of amides is 1. The van der Waals surface area contributed by atoms with Crippen molar-refractivity contribution < 1.29 is 13.9 Å². The summed E-state index contributed by atoms with van der Waals surface area (Å²) in [6.07, 6.45) is 6.95. The molecule has 0 radical (unpaired) electrons. The Labute approximate surface area is 101 Å². The maximum absolute atomic E-state index is 11.6. The van der Waals surface area contributed by atoms with Crippen LogP contribution in [0.2, 0.25) is 0 Å². The Morgan fingerprint density at radius 1 is 1.65 bits per heavy atom. The predicted molar refractivity (Wildman–Crippen MR) is 64.3 cm³/mol. The van der Waals surface area contributed by atoms with E-state index in [2.05, 4.69) is 5.32 Å². The molecule has 2 atom stereocenters. The molecule has 0 spiro atoms. The molecule has 2 rings (SSSR count). The van der Waals surface area contributed by atoms with E-state index in [-0.39, 0.29) is 18.1 Å². The molecule has 4 nitrogen and oxygen atoms in total. The van der Waals surface area contributed by atoms with Gasteiger partial charge in [0.15, 0.2) is 0 Å². The lowest BCUT2D eigenvalue weighted by Crippen LogP contribution is -2.39. The number of nitrogens with one attached hydrogen (secondary N) is 1. The van der Waals surface area contributed by atoms with E-state index < -0.39 is 0 Å². The summed E-state index contributed by atoms with van der Waals surface area (Å²) in [7, 11) is 0. The van der Waals surface area contributed by atoms with Gasteiger partial charge in [0.1, 0.15) is 5.76 Å². The van der Waals surface area contributed by atoms with Crippen LogP contribution in [-0.4, -0.2) is 24.7 Å². The fourth-order valence-corrected chi connectivity index (χ4v) is 1.91. The summed E-state index contributed by atoms with van der Waals surface area (Å²) in [6.45, 7) is 2.77. The third-order valence-electron chi connectivity index (χ3n) is 2.83. The van der Waals surface area contributed by atoms with Gasteiger partial charge < -0.3 is 14.5 Å². The number of rotatable bonds is 4. The molecule has 1 saturated heterocycles. The summed E-state index contributed by atoms with van der Waals surface area (Å²) in [5.41, 5.74) is 0. The first-order valence-electron chi connectivity index (χ1n) is 5.89. The highest BCUT2D eigenvalue weighted by atomic mass is 16.5. The van der Waals surface area contributed by atoms with E-state index in [0.29, 0.717) is 5.76 Å². The summed E-state index contributed by atoms with van der Waals surface area (Å²) in [4.78, 5) is 11.6. The van der Waals surface area contributed by atoms with E-state index >= 15 is 0 Å². The first kappa shape index (κ1) is 11.9. The Hall–Kier alpha value is -1.55. The minimum atomic E-state index is -0.121. The number of carbonyl (C=O) groups excluding carboxylic acids is 1. The van der Waals surface area contributed by atoms with Crippen LogP contribution in [0.1, 0.15) is 25.5 Å². The molecule has 0 bridgehead atoms. The highest BCUT2D eigenvalue weighted by Gasteiger charge is 2.22. The van der Waals surface area contributed by atoms with E-state index in [4.69, 9.17) is 9.15 Å². The zero-order valence-corrected chi connectivity index (χ0v) is 9.89. The maximum atomic E-state index is 11.6. The summed E-state index contributed by atoms with van der Waals surface area (Å²) in [5.74, 6) is 0.550. The lowest BCUT2D eigenvalue weighted by atomic mass is 10.1. The van der Waals surface area contributed by atoms with Crippen molar-refractivity contribution >= 4 is 12.0 Å². The van der Waals surface area contributed by atoms with Gasteiger partial charge in [-0.05, 0) is 38.0 Å². The third-order valence-corrected chi connectivity index (χ3v) is 2.83. The Kier molecular flexibility index (Phi) is 3.98. The maximum Gasteiger partial charge on any atom is 0.244 e. The smallest absolute Gasteiger partial charge is 0.244 e. The molecule has 0 saturated carbocycles. The van der Waals surface area contributed by atoms with Crippen molar-refractivity contribution in [1.82, 2.24) is 5.32 Å². The fourth-order valence-electron chi connectivity index (χ4n) is 1.91. The fraction of sp³-hybridized carbons (Fsp3) is 0.462. The van der Waals surface area contributed by atoms with Crippen LogP contribution in [-0.2, 0) is 9.53 Å². The Morgan fingerprint density at radius 3 is 3.18 bits per heavy atom. The second-order valence-electron chi connectivity index (χ2n) is 4.20. The Morgan fingerprint density at radius 2 is 2.53 bits per heavy atom. The number of hydrogen-bond acceptors (Lipinski definition) is 3. The van der Waals surface area contributed by atoms with Gasteiger partial charge in [0.25, 0.3) is 0 Å². The second-order valence-corrected chi connectivity index (χ2v) is 4.20. The zero-order valence-electron chi connectivity index (χ0n) is 9.89. The quantitative estimate of drug-likeness (QED) is 0.812. The van der Waals surface area contributed by atoms with Crippen LogP contribution in [0, 0.1) is 0 Å². The molecule has 1 amide bonds. The molecule has 1 aliphatic heterocycles. The topological polar surface area (TPSA) is 51.5 Å². The van der Waals surface area contributed by atoms with Crippen LogP contribution in [0.5, 0.6) is 0 Å². The lowest BCUT2D eigenvalue weighted by Gasteiger charge is -2.18. The van der Waals surface area contributed by atoms with Crippen molar-refractivity contribution in [2.45, 2.75) is 31.9 Å². The summed E-state index contributed by atoms with van der Waals surface area (Å²) in [5, 5.41) is 2.89. The van der Waals surface area contributed by atoms with Crippen LogP contribution in [0.3, 0.4) is 0 Å². The summed E-state index contributed by atoms with van der Waals surface area (Å²) < 4.78 is 10.6. The molecule has 0 unspecified atom stereocenters. The van der Waals surface area contributed by atoms with Crippen molar-refractivity contribution in [2.24, 2.45) is 0 Å². The molecular formula is C13H17NO3. The standard InChI is InChI=1S/C13H17NO3/c1-10(12-5-3-9-17-12)14-13(15)7-6-11-4-2-8-16-11/h2,4,6-8,10,12H,3,5,9H2,1H3,(H,14,15)/b7-6+/t10-,12+/m0/s1. The molecule has 1 aromatic rings. The second kappa shape index (κ2) is 5.68. The molecule has 2 heterocycles. The van der Waals surface area contributed by atoms with Gasteiger partial charge in [-0.15, -0.1) is 0 Å².